The van der Waals surface area contributed by atoms with Gasteiger partial charge in [0.2, 0.25) is 0 Å². The summed E-state index contributed by atoms with van der Waals surface area (Å²) in [5.74, 6) is 0.960. The first-order valence-electron chi connectivity index (χ1n) is 7.15. The van der Waals surface area contributed by atoms with Gasteiger partial charge >= 0.3 is 0 Å². The van der Waals surface area contributed by atoms with Crippen molar-refractivity contribution in [3.63, 3.8) is 0 Å². The highest BCUT2D eigenvalue weighted by Crippen LogP contribution is 2.35. The van der Waals surface area contributed by atoms with Crippen LogP contribution in [0.15, 0.2) is 42.5 Å². The lowest BCUT2D eigenvalue weighted by Gasteiger charge is -2.21. The largest absolute Gasteiger partial charge is 0.327 e. The van der Waals surface area contributed by atoms with E-state index in [2.05, 4.69) is 45.0 Å². The topological polar surface area (TPSA) is 26.0 Å². The van der Waals surface area contributed by atoms with Gasteiger partial charge in [-0.05, 0) is 44.0 Å². The molecule has 3 heteroatoms. The van der Waals surface area contributed by atoms with E-state index in [1.807, 2.05) is 30.0 Å². The molecular weight excluding hydrogens is 298 g/mol. The molecule has 0 spiro atoms. The summed E-state index contributed by atoms with van der Waals surface area (Å²) >= 11 is 7.98. The highest BCUT2D eigenvalue weighted by Gasteiger charge is 2.17. The first-order valence-corrected chi connectivity index (χ1v) is 8.58. The maximum Gasteiger partial charge on any atom is 0.0449 e. The summed E-state index contributed by atoms with van der Waals surface area (Å²) in [4.78, 5) is 0. The van der Waals surface area contributed by atoms with Gasteiger partial charge in [-0.3, -0.25) is 0 Å². The quantitative estimate of drug-likeness (QED) is 0.811. The van der Waals surface area contributed by atoms with Crippen LogP contribution in [-0.2, 0) is 5.75 Å². The molecule has 2 aromatic carbocycles. The molecule has 0 aliphatic carbocycles. The second-order valence-corrected chi connectivity index (χ2v) is 7.21. The average Bonchev–Trinajstić information content (AvgIpc) is 2.37. The van der Waals surface area contributed by atoms with Crippen molar-refractivity contribution in [1.82, 2.24) is 0 Å². The van der Waals surface area contributed by atoms with Crippen molar-refractivity contribution in [3.05, 3.63) is 69.7 Å². The van der Waals surface area contributed by atoms with E-state index in [0.717, 1.165) is 10.8 Å². The number of hydrogen-bond donors (Lipinski definition) is 1. The Morgan fingerprint density at radius 1 is 1.10 bits per heavy atom. The molecule has 0 fully saturated rings. The number of hydrogen-bond acceptors (Lipinski definition) is 2. The van der Waals surface area contributed by atoms with E-state index in [4.69, 9.17) is 17.3 Å². The van der Waals surface area contributed by atoms with Gasteiger partial charge in [0.15, 0.2) is 0 Å². The van der Waals surface area contributed by atoms with Gasteiger partial charge in [-0.15, -0.1) is 11.8 Å². The molecule has 0 saturated carbocycles. The van der Waals surface area contributed by atoms with Crippen LogP contribution in [0.3, 0.4) is 0 Å². The smallest absolute Gasteiger partial charge is 0.0449 e. The van der Waals surface area contributed by atoms with E-state index in [0.29, 0.717) is 0 Å². The Balaban J connectivity index is 2.14. The predicted molar refractivity (Wildman–Crippen MR) is 95.1 cm³/mol. The molecule has 2 rings (SSSR count). The molecule has 112 valence electrons. The number of rotatable bonds is 5. The molecule has 0 radical (unpaired) electrons. The molecule has 0 aromatic heterocycles. The lowest BCUT2D eigenvalue weighted by molar-refractivity contribution is 0.721. The Kier molecular flexibility index (Phi) is 5.74. The predicted octanol–water partition coefficient (Wildman–Crippen LogP) is 5.28. The summed E-state index contributed by atoms with van der Waals surface area (Å²) in [6.07, 6.45) is 0. The zero-order chi connectivity index (χ0) is 15.4. The van der Waals surface area contributed by atoms with E-state index in [1.54, 1.807) is 0 Å². The fourth-order valence-electron chi connectivity index (χ4n) is 2.57. The zero-order valence-electron chi connectivity index (χ0n) is 12.8. The molecule has 2 N–H and O–H groups in total. The fourth-order valence-corrected chi connectivity index (χ4v) is 3.95. The van der Waals surface area contributed by atoms with E-state index in [-0.39, 0.29) is 11.3 Å². The number of nitrogens with two attached hydrogens (primary N) is 1. The maximum absolute atomic E-state index is 6.18. The number of halogens is 1. The van der Waals surface area contributed by atoms with Gasteiger partial charge in [0.25, 0.3) is 0 Å². The molecule has 0 aliphatic rings. The summed E-state index contributed by atoms with van der Waals surface area (Å²) in [7, 11) is 0. The fraction of sp³-hybridized carbons (Fsp3) is 0.333. The van der Waals surface area contributed by atoms with Crippen molar-refractivity contribution in [2.24, 2.45) is 5.73 Å². The first kappa shape index (κ1) is 16.4. The molecule has 2 unspecified atom stereocenters. The van der Waals surface area contributed by atoms with Crippen molar-refractivity contribution >= 4 is 23.4 Å². The minimum atomic E-state index is 0.0828. The third-order valence-corrected chi connectivity index (χ3v) is 5.16. The normalized spacial score (nSPS) is 14.0. The number of benzene rings is 2. The minimum Gasteiger partial charge on any atom is -0.327 e. The molecule has 0 bridgehead atoms. The number of thioether (sulfide) groups is 1. The van der Waals surface area contributed by atoms with E-state index < -0.39 is 0 Å². The molecule has 0 heterocycles. The van der Waals surface area contributed by atoms with E-state index in [1.165, 1.54) is 22.3 Å². The molecule has 1 nitrogen and oxygen atoms in total. The molecule has 0 amide bonds. The van der Waals surface area contributed by atoms with Crippen LogP contribution in [0, 0.1) is 13.8 Å². The van der Waals surface area contributed by atoms with E-state index in [9.17, 15) is 0 Å². The summed E-state index contributed by atoms with van der Waals surface area (Å²) in [5, 5.41) is 1.02. The van der Waals surface area contributed by atoms with Crippen molar-refractivity contribution in [2.75, 3.05) is 0 Å². The molecule has 21 heavy (non-hydrogen) atoms. The standard InChI is InChI=1S/C18H22ClNS/c1-12-7-13(2)9-15(8-12)11-21-18(14(3)20)16-5-4-6-17(19)10-16/h4-10,14,18H,11,20H2,1-3H3. The van der Waals surface area contributed by atoms with Gasteiger partial charge in [-0.1, -0.05) is 53.1 Å². The Bertz CT molecular complexity index is 590. The lowest BCUT2D eigenvalue weighted by Crippen LogP contribution is -2.22. The van der Waals surface area contributed by atoms with Crippen LogP contribution in [0.25, 0.3) is 0 Å². The lowest BCUT2D eigenvalue weighted by atomic mass is 10.1. The van der Waals surface area contributed by atoms with Crippen molar-refractivity contribution < 1.29 is 0 Å². The van der Waals surface area contributed by atoms with Crippen LogP contribution in [0.4, 0.5) is 0 Å². The minimum absolute atomic E-state index is 0.0828. The van der Waals surface area contributed by atoms with Crippen LogP contribution >= 0.6 is 23.4 Å². The van der Waals surface area contributed by atoms with Gasteiger partial charge in [0, 0.05) is 22.1 Å². The van der Waals surface area contributed by atoms with Crippen molar-refractivity contribution in [1.29, 1.82) is 0 Å². The first-order chi connectivity index (χ1) is 9.95. The molecule has 2 aromatic rings. The highest BCUT2D eigenvalue weighted by atomic mass is 35.5. The SMILES string of the molecule is Cc1cc(C)cc(CSC(c2cccc(Cl)c2)C(C)N)c1. The monoisotopic (exact) mass is 319 g/mol. The summed E-state index contributed by atoms with van der Waals surface area (Å²) in [5.41, 5.74) is 11.4. The van der Waals surface area contributed by atoms with Gasteiger partial charge in [0.05, 0.1) is 0 Å². The average molecular weight is 320 g/mol. The molecule has 0 saturated heterocycles. The molecule has 2 atom stereocenters. The van der Waals surface area contributed by atoms with Gasteiger partial charge in [0.1, 0.15) is 0 Å². The van der Waals surface area contributed by atoms with Gasteiger partial charge in [-0.25, -0.2) is 0 Å². The third kappa shape index (κ3) is 4.77. The maximum atomic E-state index is 6.18. The highest BCUT2D eigenvalue weighted by molar-refractivity contribution is 7.98. The van der Waals surface area contributed by atoms with Crippen LogP contribution in [-0.4, -0.2) is 6.04 Å². The Labute approximate surface area is 136 Å². The Hall–Kier alpha value is -0.960. The van der Waals surface area contributed by atoms with Gasteiger partial charge < -0.3 is 5.73 Å². The van der Waals surface area contributed by atoms with E-state index >= 15 is 0 Å². The summed E-state index contributed by atoms with van der Waals surface area (Å²) in [6, 6.07) is 14.8. The molecular formula is C18H22ClNS. The summed E-state index contributed by atoms with van der Waals surface area (Å²) in [6.45, 7) is 6.34. The zero-order valence-corrected chi connectivity index (χ0v) is 14.3. The second-order valence-electron chi connectivity index (χ2n) is 5.64. The van der Waals surface area contributed by atoms with Crippen molar-refractivity contribution in [2.45, 2.75) is 37.8 Å². The number of aryl methyl sites for hydroxylation is 2. The second kappa shape index (κ2) is 7.35. The summed E-state index contributed by atoms with van der Waals surface area (Å²) < 4.78 is 0. The van der Waals surface area contributed by atoms with Crippen molar-refractivity contribution in [3.8, 4) is 0 Å². The van der Waals surface area contributed by atoms with Crippen LogP contribution in [0.1, 0.15) is 34.4 Å². The molecule has 0 aliphatic heterocycles. The Morgan fingerprint density at radius 2 is 1.76 bits per heavy atom. The van der Waals surface area contributed by atoms with Gasteiger partial charge in [-0.2, -0.15) is 0 Å². The van der Waals surface area contributed by atoms with Crippen LogP contribution in [0.2, 0.25) is 5.02 Å². The third-order valence-electron chi connectivity index (χ3n) is 3.37. The van der Waals surface area contributed by atoms with Crippen LogP contribution in [0.5, 0.6) is 0 Å². The van der Waals surface area contributed by atoms with Crippen LogP contribution < -0.4 is 5.73 Å². The Morgan fingerprint density at radius 3 is 2.33 bits per heavy atom.